The lowest BCUT2D eigenvalue weighted by Crippen LogP contribution is -2.21. The number of nitrogens with zero attached hydrogens (tertiary/aromatic N) is 3. The van der Waals surface area contributed by atoms with Gasteiger partial charge in [-0.3, -0.25) is 4.79 Å². The predicted molar refractivity (Wildman–Crippen MR) is 124 cm³/mol. The Morgan fingerprint density at radius 1 is 0.906 bits per heavy atom. The molecule has 0 atom stereocenters. The van der Waals surface area contributed by atoms with Gasteiger partial charge in [0, 0.05) is 5.56 Å². The second-order valence-corrected chi connectivity index (χ2v) is 6.86. The molecule has 0 aliphatic rings. The third-order valence-electron chi connectivity index (χ3n) is 4.82. The van der Waals surface area contributed by atoms with Gasteiger partial charge in [-0.05, 0) is 72.3 Å². The van der Waals surface area contributed by atoms with E-state index in [1.165, 1.54) is 0 Å². The molecule has 1 N–H and O–H groups in total. The average Bonchev–Trinajstić information content (AvgIpc) is 3.31. The molecule has 0 bridgehead atoms. The monoisotopic (exact) mass is 426 g/mol. The van der Waals surface area contributed by atoms with Crippen LogP contribution in [-0.2, 0) is 0 Å². The first-order valence-electron chi connectivity index (χ1n) is 9.95. The number of amides is 1. The van der Waals surface area contributed by atoms with Gasteiger partial charge in [0.1, 0.15) is 17.2 Å². The van der Waals surface area contributed by atoms with Crippen LogP contribution in [0, 0.1) is 0 Å². The number of para-hydroxylation sites is 1. The molecule has 0 spiro atoms. The summed E-state index contributed by atoms with van der Waals surface area (Å²) in [5.74, 6) is 1.14. The molecular weight excluding hydrogens is 404 g/mol. The number of hydrazone groups is 1. The van der Waals surface area contributed by atoms with Crippen molar-refractivity contribution in [2.75, 3.05) is 14.2 Å². The molecule has 32 heavy (non-hydrogen) atoms. The average molecular weight is 426 g/mol. The number of hydrogen-bond donors (Lipinski definition) is 1. The van der Waals surface area contributed by atoms with E-state index in [0.717, 1.165) is 28.3 Å². The minimum absolute atomic E-state index is 0.369. The Labute approximate surface area is 185 Å². The summed E-state index contributed by atoms with van der Waals surface area (Å²) in [6, 6.07) is 26.1. The fraction of sp³-hybridized carbons (Fsp3) is 0.0800. The van der Waals surface area contributed by atoms with Gasteiger partial charge in [-0.2, -0.15) is 10.2 Å². The van der Waals surface area contributed by atoms with E-state index in [1.807, 2.05) is 78.9 Å². The molecule has 4 rings (SSSR count). The third kappa shape index (κ3) is 4.67. The number of aromatic nitrogens is 2. The van der Waals surface area contributed by atoms with Gasteiger partial charge >= 0.3 is 0 Å². The summed E-state index contributed by atoms with van der Waals surface area (Å²) >= 11 is 0. The number of nitrogens with one attached hydrogen (secondary N) is 1. The highest BCUT2D eigenvalue weighted by atomic mass is 16.5. The molecule has 1 heterocycles. The standard InChI is InChI=1S/C25H22N4O3/c1-31-21-12-8-18(9-13-21)17-26-27-25(30)24-16-23(19-10-14-22(32-2)15-11-19)28-29(24)20-6-4-3-5-7-20/h3-17H,1-2H3,(H,27,30)/b26-17+. The number of benzene rings is 3. The first kappa shape index (κ1) is 20.9. The van der Waals surface area contributed by atoms with Crippen molar-refractivity contribution in [3.05, 3.63) is 96.2 Å². The molecule has 4 aromatic rings. The molecular formula is C25H22N4O3. The molecule has 3 aromatic carbocycles. The van der Waals surface area contributed by atoms with Crippen molar-refractivity contribution < 1.29 is 14.3 Å². The molecule has 1 aromatic heterocycles. The fourth-order valence-electron chi connectivity index (χ4n) is 3.12. The van der Waals surface area contributed by atoms with Gasteiger partial charge in [-0.1, -0.05) is 18.2 Å². The van der Waals surface area contributed by atoms with E-state index in [2.05, 4.69) is 15.6 Å². The van der Waals surface area contributed by atoms with Gasteiger partial charge in [0.25, 0.3) is 5.91 Å². The highest BCUT2D eigenvalue weighted by molar-refractivity contribution is 5.95. The van der Waals surface area contributed by atoms with E-state index < -0.39 is 0 Å². The van der Waals surface area contributed by atoms with Crippen molar-refractivity contribution in [1.82, 2.24) is 15.2 Å². The Morgan fingerprint density at radius 3 is 2.16 bits per heavy atom. The Hall–Kier alpha value is -4.39. The van der Waals surface area contributed by atoms with Crippen LogP contribution < -0.4 is 14.9 Å². The van der Waals surface area contributed by atoms with E-state index in [4.69, 9.17) is 9.47 Å². The van der Waals surface area contributed by atoms with Gasteiger partial charge in [0.05, 0.1) is 31.8 Å². The largest absolute Gasteiger partial charge is 0.497 e. The molecule has 7 nitrogen and oxygen atoms in total. The topological polar surface area (TPSA) is 77.7 Å². The molecule has 7 heteroatoms. The van der Waals surface area contributed by atoms with E-state index in [-0.39, 0.29) is 5.91 Å². The second-order valence-electron chi connectivity index (χ2n) is 6.86. The summed E-state index contributed by atoms with van der Waals surface area (Å²) < 4.78 is 12.0. The Bertz CT molecular complexity index is 1210. The van der Waals surface area contributed by atoms with Crippen LogP contribution in [0.4, 0.5) is 0 Å². The lowest BCUT2D eigenvalue weighted by molar-refractivity contribution is 0.0947. The van der Waals surface area contributed by atoms with Crippen molar-refractivity contribution >= 4 is 12.1 Å². The SMILES string of the molecule is COc1ccc(/C=N/NC(=O)c2cc(-c3ccc(OC)cc3)nn2-c2ccccc2)cc1. The predicted octanol–water partition coefficient (Wildman–Crippen LogP) is 4.32. The number of hydrogen-bond acceptors (Lipinski definition) is 5. The number of rotatable bonds is 7. The molecule has 0 unspecified atom stereocenters. The van der Waals surface area contributed by atoms with E-state index in [9.17, 15) is 4.79 Å². The molecule has 0 aliphatic carbocycles. The van der Waals surface area contributed by atoms with Crippen molar-refractivity contribution in [1.29, 1.82) is 0 Å². The van der Waals surface area contributed by atoms with Crippen molar-refractivity contribution in [2.45, 2.75) is 0 Å². The molecule has 0 saturated heterocycles. The third-order valence-corrected chi connectivity index (χ3v) is 4.82. The van der Waals surface area contributed by atoms with E-state index in [0.29, 0.717) is 11.4 Å². The number of ether oxygens (including phenoxy) is 2. The zero-order valence-corrected chi connectivity index (χ0v) is 17.7. The molecule has 1 amide bonds. The maximum absolute atomic E-state index is 12.9. The minimum Gasteiger partial charge on any atom is -0.497 e. The lowest BCUT2D eigenvalue weighted by Gasteiger charge is -2.06. The molecule has 0 radical (unpaired) electrons. The zero-order valence-electron chi connectivity index (χ0n) is 17.7. The summed E-state index contributed by atoms with van der Waals surface area (Å²) in [7, 11) is 3.23. The molecule has 0 saturated carbocycles. The van der Waals surface area contributed by atoms with Crippen LogP contribution in [0.2, 0.25) is 0 Å². The number of carbonyl (C=O) groups excluding carboxylic acids is 1. The van der Waals surface area contributed by atoms with Gasteiger partial charge in [0.2, 0.25) is 0 Å². The number of methoxy groups -OCH3 is 2. The van der Waals surface area contributed by atoms with Crippen molar-refractivity contribution in [3.8, 4) is 28.4 Å². The summed E-state index contributed by atoms with van der Waals surface area (Å²) in [6.45, 7) is 0. The summed E-state index contributed by atoms with van der Waals surface area (Å²) in [5, 5.41) is 8.75. The van der Waals surface area contributed by atoms with E-state index in [1.54, 1.807) is 31.2 Å². The minimum atomic E-state index is -0.370. The maximum atomic E-state index is 12.9. The molecule has 0 aliphatic heterocycles. The maximum Gasteiger partial charge on any atom is 0.290 e. The Morgan fingerprint density at radius 2 is 1.53 bits per heavy atom. The van der Waals surface area contributed by atoms with Crippen LogP contribution in [-0.4, -0.2) is 36.1 Å². The van der Waals surface area contributed by atoms with Gasteiger partial charge in [-0.25, -0.2) is 10.1 Å². The van der Waals surface area contributed by atoms with Crippen LogP contribution in [0.3, 0.4) is 0 Å². The fourth-order valence-corrected chi connectivity index (χ4v) is 3.12. The second kappa shape index (κ2) is 9.61. The highest BCUT2D eigenvalue weighted by Gasteiger charge is 2.17. The summed E-state index contributed by atoms with van der Waals surface area (Å²) in [6.07, 6.45) is 1.57. The van der Waals surface area contributed by atoms with Gasteiger partial charge in [-0.15, -0.1) is 0 Å². The zero-order chi connectivity index (χ0) is 22.3. The van der Waals surface area contributed by atoms with Crippen LogP contribution in [0.25, 0.3) is 16.9 Å². The quantitative estimate of drug-likeness (QED) is 0.353. The van der Waals surface area contributed by atoms with Crippen LogP contribution in [0.5, 0.6) is 11.5 Å². The Balaban J connectivity index is 1.61. The molecule has 0 fully saturated rings. The van der Waals surface area contributed by atoms with Gasteiger partial charge < -0.3 is 9.47 Å². The smallest absolute Gasteiger partial charge is 0.290 e. The van der Waals surface area contributed by atoms with E-state index >= 15 is 0 Å². The normalized spacial score (nSPS) is 10.8. The summed E-state index contributed by atoms with van der Waals surface area (Å²) in [5.41, 5.74) is 6.11. The van der Waals surface area contributed by atoms with Crippen LogP contribution >= 0.6 is 0 Å². The van der Waals surface area contributed by atoms with Crippen molar-refractivity contribution in [3.63, 3.8) is 0 Å². The van der Waals surface area contributed by atoms with Crippen LogP contribution in [0.1, 0.15) is 16.1 Å². The first-order chi connectivity index (χ1) is 15.7. The lowest BCUT2D eigenvalue weighted by atomic mass is 10.1. The summed E-state index contributed by atoms with van der Waals surface area (Å²) in [4.78, 5) is 12.9. The Kier molecular flexibility index (Phi) is 6.27. The first-order valence-corrected chi connectivity index (χ1v) is 9.95. The number of carbonyl (C=O) groups is 1. The van der Waals surface area contributed by atoms with Crippen molar-refractivity contribution in [2.24, 2.45) is 5.10 Å². The highest BCUT2D eigenvalue weighted by Crippen LogP contribution is 2.24. The van der Waals surface area contributed by atoms with Crippen LogP contribution in [0.15, 0.2) is 90.0 Å². The molecule has 160 valence electrons. The van der Waals surface area contributed by atoms with Gasteiger partial charge in [0.15, 0.2) is 0 Å².